The zero-order chi connectivity index (χ0) is 17.9. The van der Waals surface area contributed by atoms with Gasteiger partial charge in [0.05, 0.1) is 11.8 Å². The van der Waals surface area contributed by atoms with E-state index in [0.29, 0.717) is 6.54 Å². The van der Waals surface area contributed by atoms with E-state index in [0.717, 1.165) is 32.2 Å². The molecule has 6 heteroatoms. The maximum atomic E-state index is 12.4. The number of nitrogens with zero attached hydrogens (tertiary/aromatic N) is 2. The lowest BCUT2D eigenvalue weighted by molar-refractivity contribution is -0.140. The Balaban J connectivity index is 1.79. The van der Waals surface area contributed by atoms with Crippen LogP contribution in [0.1, 0.15) is 46.0 Å². The fraction of sp³-hybridized carbons (Fsp3) is 0.833. The average molecular weight is 337 g/mol. The van der Waals surface area contributed by atoms with Gasteiger partial charge in [-0.25, -0.2) is 0 Å². The largest absolute Gasteiger partial charge is 0.355 e. The monoisotopic (exact) mass is 337 g/mol. The van der Waals surface area contributed by atoms with Crippen molar-refractivity contribution >= 4 is 17.7 Å². The van der Waals surface area contributed by atoms with E-state index in [2.05, 4.69) is 24.1 Å². The minimum atomic E-state index is -0.131. The number of rotatable bonds is 7. The summed E-state index contributed by atoms with van der Waals surface area (Å²) in [6, 6.07) is 0. The molecular formula is C18H31N3O3. The summed E-state index contributed by atoms with van der Waals surface area (Å²) in [6.07, 6.45) is 3.87. The van der Waals surface area contributed by atoms with Crippen LogP contribution in [-0.2, 0) is 14.4 Å². The molecule has 1 aliphatic carbocycles. The predicted octanol–water partition coefficient (Wildman–Crippen LogP) is 1.26. The molecule has 0 unspecified atom stereocenters. The molecule has 1 aliphatic heterocycles. The summed E-state index contributed by atoms with van der Waals surface area (Å²) in [5.74, 6) is -0.491. The third-order valence-electron chi connectivity index (χ3n) is 5.00. The van der Waals surface area contributed by atoms with Crippen molar-refractivity contribution in [2.75, 3.05) is 33.7 Å². The number of nitrogens with one attached hydrogen (secondary N) is 1. The maximum absolute atomic E-state index is 12.4. The van der Waals surface area contributed by atoms with Crippen LogP contribution in [0.5, 0.6) is 0 Å². The van der Waals surface area contributed by atoms with Gasteiger partial charge in [0.15, 0.2) is 0 Å². The van der Waals surface area contributed by atoms with E-state index >= 15 is 0 Å². The SMILES string of the molecule is CN(C)CC(C)(C)CNC(=O)CCN1C(=O)[C@H]2CCCC[C@@H]2C1=O. The predicted molar refractivity (Wildman–Crippen MR) is 92.1 cm³/mol. The molecule has 0 aromatic heterocycles. The molecule has 1 saturated carbocycles. The van der Waals surface area contributed by atoms with Crippen molar-refractivity contribution in [1.29, 1.82) is 0 Å². The van der Waals surface area contributed by atoms with Crippen LogP contribution in [0.3, 0.4) is 0 Å². The van der Waals surface area contributed by atoms with Crippen molar-refractivity contribution < 1.29 is 14.4 Å². The van der Waals surface area contributed by atoms with E-state index in [4.69, 9.17) is 0 Å². The van der Waals surface area contributed by atoms with Gasteiger partial charge in [0.2, 0.25) is 17.7 Å². The van der Waals surface area contributed by atoms with Crippen LogP contribution in [0.15, 0.2) is 0 Å². The molecule has 1 N–H and O–H groups in total. The summed E-state index contributed by atoms with van der Waals surface area (Å²) in [4.78, 5) is 40.2. The van der Waals surface area contributed by atoms with E-state index in [9.17, 15) is 14.4 Å². The summed E-state index contributed by atoms with van der Waals surface area (Å²) >= 11 is 0. The summed E-state index contributed by atoms with van der Waals surface area (Å²) in [6.45, 7) is 5.87. The number of fused-ring (bicyclic) bond motifs is 1. The van der Waals surface area contributed by atoms with E-state index < -0.39 is 0 Å². The van der Waals surface area contributed by atoms with Gasteiger partial charge in [-0.05, 0) is 32.4 Å². The first-order valence-corrected chi connectivity index (χ1v) is 8.98. The fourth-order valence-electron chi connectivity index (χ4n) is 4.00. The minimum Gasteiger partial charge on any atom is -0.355 e. The molecule has 0 radical (unpaired) electrons. The molecule has 3 amide bonds. The first-order valence-electron chi connectivity index (χ1n) is 8.98. The van der Waals surface area contributed by atoms with Crippen LogP contribution in [0.4, 0.5) is 0 Å². The lowest BCUT2D eigenvalue weighted by atomic mass is 9.81. The Morgan fingerprint density at radius 3 is 2.21 bits per heavy atom. The Morgan fingerprint density at radius 2 is 1.71 bits per heavy atom. The highest BCUT2D eigenvalue weighted by atomic mass is 16.2. The van der Waals surface area contributed by atoms with Crippen LogP contribution in [0.25, 0.3) is 0 Å². The smallest absolute Gasteiger partial charge is 0.233 e. The van der Waals surface area contributed by atoms with Crippen LogP contribution in [-0.4, -0.2) is 61.3 Å². The highest BCUT2D eigenvalue weighted by molar-refractivity contribution is 6.05. The van der Waals surface area contributed by atoms with E-state index in [-0.39, 0.29) is 47.9 Å². The van der Waals surface area contributed by atoms with Gasteiger partial charge in [-0.1, -0.05) is 26.7 Å². The Kier molecular flexibility index (Phi) is 6.01. The number of imide groups is 1. The van der Waals surface area contributed by atoms with Gasteiger partial charge in [0, 0.05) is 26.1 Å². The summed E-state index contributed by atoms with van der Waals surface area (Å²) in [7, 11) is 4.02. The molecule has 2 atom stereocenters. The lowest BCUT2D eigenvalue weighted by Crippen LogP contribution is -2.41. The fourth-order valence-corrected chi connectivity index (χ4v) is 4.00. The molecule has 6 nitrogen and oxygen atoms in total. The van der Waals surface area contributed by atoms with Gasteiger partial charge in [0.1, 0.15) is 0 Å². The van der Waals surface area contributed by atoms with Gasteiger partial charge in [-0.2, -0.15) is 0 Å². The van der Waals surface area contributed by atoms with Gasteiger partial charge >= 0.3 is 0 Å². The third kappa shape index (κ3) is 4.56. The zero-order valence-electron chi connectivity index (χ0n) is 15.4. The van der Waals surface area contributed by atoms with Crippen molar-refractivity contribution in [3.8, 4) is 0 Å². The number of amides is 3. The van der Waals surface area contributed by atoms with Crippen molar-refractivity contribution in [2.24, 2.45) is 17.3 Å². The van der Waals surface area contributed by atoms with Gasteiger partial charge < -0.3 is 10.2 Å². The molecule has 0 aromatic carbocycles. The molecular weight excluding hydrogens is 306 g/mol. The van der Waals surface area contributed by atoms with E-state index in [1.54, 1.807) is 0 Å². The van der Waals surface area contributed by atoms with Crippen molar-refractivity contribution in [3.63, 3.8) is 0 Å². The van der Waals surface area contributed by atoms with E-state index in [1.165, 1.54) is 4.90 Å². The second kappa shape index (κ2) is 7.64. The normalized spacial score (nSPS) is 24.5. The van der Waals surface area contributed by atoms with Crippen molar-refractivity contribution in [2.45, 2.75) is 46.0 Å². The standard InChI is InChI=1S/C18H31N3O3/c1-18(2,12-20(3)4)11-19-15(22)9-10-21-16(23)13-7-5-6-8-14(13)17(21)24/h13-14H,5-12H2,1-4H3,(H,19,22)/t13-,14-/m0/s1. The second-order valence-electron chi connectivity index (χ2n) is 8.25. The third-order valence-corrected chi connectivity index (χ3v) is 5.00. The Labute approximate surface area is 144 Å². The molecule has 1 saturated heterocycles. The topological polar surface area (TPSA) is 69.7 Å². The molecule has 2 rings (SSSR count). The Hall–Kier alpha value is -1.43. The van der Waals surface area contributed by atoms with Crippen LogP contribution in [0.2, 0.25) is 0 Å². The first kappa shape index (κ1) is 18.9. The zero-order valence-corrected chi connectivity index (χ0v) is 15.4. The van der Waals surface area contributed by atoms with Gasteiger partial charge in [-0.3, -0.25) is 19.3 Å². The maximum Gasteiger partial charge on any atom is 0.233 e. The Bertz CT molecular complexity index is 478. The highest BCUT2D eigenvalue weighted by Gasteiger charge is 2.47. The quantitative estimate of drug-likeness (QED) is 0.710. The lowest BCUT2D eigenvalue weighted by Gasteiger charge is -2.28. The summed E-state index contributed by atoms with van der Waals surface area (Å²) in [5, 5.41) is 2.93. The molecule has 2 fully saturated rings. The minimum absolute atomic E-state index is 0.0205. The van der Waals surface area contributed by atoms with Gasteiger partial charge in [0.25, 0.3) is 0 Å². The molecule has 24 heavy (non-hydrogen) atoms. The van der Waals surface area contributed by atoms with Crippen molar-refractivity contribution in [1.82, 2.24) is 15.1 Å². The number of hydrogen-bond acceptors (Lipinski definition) is 4. The molecule has 1 heterocycles. The number of carbonyl (C=O) groups excluding carboxylic acids is 3. The van der Waals surface area contributed by atoms with Crippen LogP contribution < -0.4 is 5.32 Å². The van der Waals surface area contributed by atoms with Crippen LogP contribution >= 0.6 is 0 Å². The highest BCUT2D eigenvalue weighted by Crippen LogP contribution is 2.37. The number of hydrogen-bond donors (Lipinski definition) is 1. The molecule has 0 bridgehead atoms. The van der Waals surface area contributed by atoms with Gasteiger partial charge in [-0.15, -0.1) is 0 Å². The van der Waals surface area contributed by atoms with Crippen LogP contribution in [0, 0.1) is 17.3 Å². The number of carbonyl (C=O) groups is 3. The molecule has 0 aromatic rings. The Morgan fingerprint density at radius 1 is 1.17 bits per heavy atom. The molecule has 0 spiro atoms. The summed E-state index contributed by atoms with van der Waals surface area (Å²) < 4.78 is 0. The molecule has 2 aliphatic rings. The van der Waals surface area contributed by atoms with Crippen molar-refractivity contribution in [3.05, 3.63) is 0 Å². The number of likely N-dealkylation sites (tertiary alicyclic amines) is 1. The summed E-state index contributed by atoms with van der Waals surface area (Å²) in [5.41, 5.74) is -0.0205. The second-order valence-corrected chi connectivity index (χ2v) is 8.25. The molecule has 136 valence electrons. The van der Waals surface area contributed by atoms with E-state index in [1.807, 2.05) is 14.1 Å². The first-order chi connectivity index (χ1) is 11.2. The average Bonchev–Trinajstić information content (AvgIpc) is 2.74.